The van der Waals surface area contributed by atoms with E-state index in [0.717, 1.165) is 19.6 Å². The van der Waals surface area contributed by atoms with Crippen LogP contribution in [0.4, 0.5) is 0 Å². The van der Waals surface area contributed by atoms with E-state index in [0.29, 0.717) is 12.0 Å². The molecule has 0 saturated carbocycles. The lowest BCUT2D eigenvalue weighted by atomic mass is 10.0. The minimum Gasteiger partial charge on any atom is -0.316 e. The highest BCUT2D eigenvalue weighted by Crippen LogP contribution is 2.05. The van der Waals surface area contributed by atoms with E-state index >= 15 is 0 Å². The monoisotopic (exact) mass is 269 g/mol. The summed E-state index contributed by atoms with van der Waals surface area (Å²) in [7, 11) is 0. The number of hydrazine groups is 1. The minimum absolute atomic E-state index is 0. The summed E-state index contributed by atoms with van der Waals surface area (Å²) in [6, 6.07) is 11.3. The van der Waals surface area contributed by atoms with E-state index in [2.05, 4.69) is 53.4 Å². The van der Waals surface area contributed by atoms with Crippen LogP contribution in [-0.2, 0) is 6.42 Å². The van der Waals surface area contributed by atoms with Crippen LogP contribution in [0.5, 0.6) is 0 Å². The Morgan fingerprint density at radius 1 is 1.28 bits per heavy atom. The van der Waals surface area contributed by atoms with Gasteiger partial charge < -0.3 is 5.32 Å². The highest BCUT2D eigenvalue weighted by atomic mass is 35.5. The molecule has 3 nitrogen and oxygen atoms in total. The van der Waals surface area contributed by atoms with Gasteiger partial charge in [0.25, 0.3) is 0 Å². The molecule has 1 aromatic carbocycles. The van der Waals surface area contributed by atoms with Gasteiger partial charge in [0.2, 0.25) is 0 Å². The van der Waals surface area contributed by atoms with Gasteiger partial charge in [-0.05, 0) is 31.9 Å². The molecule has 0 radical (unpaired) electrons. The third kappa shape index (κ3) is 4.94. The zero-order valence-electron chi connectivity index (χ0n) is 11.0. The molecule has 0 aliphatic carbocycles. The molecule has 2 atom stereocenters. The molecule has 0 amide bonds. The van der Waals surface area contributed by atoms with Crippen LogP contribution in [0.25, 0.3) is 0 Å². The Hall–Kier alpha value is -0.610. The normalized spacial score (nSPS) is 22.7. The van der Waals surface area contributed by atoms with Gasteiger partial charge in [0.05, 0.1) is 0 Å². The zero-order valence-corrected chi connectivity index (χ0v) is 11.8. The van der Waals surface area contributed by atoms with Crippen molar-refractivity contribution in [2.24, 2.45) is 5.92 Å². The van der Waals surface area contributed by atoms with Crippen LogP contribution in [0.2, 0.25) is 0 Å². The Balaban J connectivity index is 0.00000162. The van der Waals surface area contributed by atoms with Crippen LogP contribution in [0.3, 0.4) is 0 Å². The SMILES string of the molecule is CC1NNCC1CNCCCc1ccccc1.Cl. The van der Waals surface area contributed by atoms with Crippen LogP contribution in [-0.4, -0.2) is 25.7 Å². The summed E-state index contributed by atoms with van der Waals surface area (Å²) in [4.78, 5) is 0. The van der Waals surface area contributed by atoms with Gasteiger partial charge in [-0.15, -0.1) is 12.4 Å². The first-order chi connectivity index (χ1) is 8.36. The second kappa shape index (κ2) is 8.48. The molecule has 1 aliphatic heterocycles. The largest absolute Gasteiger partial charge is 0.316 e. The van der Waals surface area contributed by atoms with Crippen LogP contribution >= 0.6 is 12.4 Å². The molecule has 18 heavy (non-hydrogen) atoms. The van der Waals surface area contributed by atoms with Crippen molar-refractivity contribution in [3.05, 3.63) is 35.9 Å². The molecule has 0 aromatic heterocycles. The number of rotatable bonds is 6. The molecule has 0 spiro atoms. The van der Waals surface area contributed by atoms with Crippen LogP contribution in [0.15, 0.2) is 30.3 Å². The standard InChI is InChI=1S/C14H23N3.ClH/c1-12-14(11-16-17-12)10-15-9-5-8-13-6-3-2-4-7-13;/h2-4,6-7,12,14-17H,5,8-11H2,1H3;1H. The Bertz CT molecular complexity index is 318. The predicted molar refractivity (Wildman–Crippen MR) is 79.0 cm³/mol. The zero-order chi connectivity index (χ0) is 11.9. The number of hydrogen-bond donors (Lipinski definition) is 3. The molecule has 2 rings (SSSR count). The van der Waals surface area contributed by atoms with Crippen molar-refractivity contribution in [2.45, 2.75) is 25.8 Å². The molecular formula is C14H24ClN3. The van der Waals surface area contributed by atoms with Gasteiger partial charge in [-0.25, -0.2) is 0 Å². The highest BCUT2D eigenvalue weighted by Gasteiger charge is 2.21. The molecule has 2 unspecified atom stereocenters. The number of aryl methyl sites for hydroxylation is 1. The van der Waals surface area contributed by atoms with Crippen LogP contribution < -0.4 is 16.2 Å². The lowest BCUT2D eigenvalue weighted by Crippen LogP contribution is -2.33. The van der Waals surface area contributed by atoms with Crippen molar-refractivity contribution >= 4 is 12.4 Å². The van der Waals surface area contributed by atoms with Gasteiger partial charge in [-0.1, -0.05) is 30.3 Å². The van der Waals surface area contributed by atoms with Crippen molar-refractivity contribution in [1.29, 1.82) is 0 Å². The number of halogens is 1. The topological polar surface area (TPSA) is 36.1 Å². The summed E-state index contributed by atoms with van der Waals surface area (Å²) in [5.41, 5.74) is 7.88. The summed E-state index contributed by atoms with van der Waals surface area (Å²) >= 11 is 0. The van der Waals surface area contributed by atoms with Gasteiger partial charge >= 0.3 is 0 Å². The van der Waals surface area contributed by atoms with E-state index < -0.39 is 0 Å². The molecule has 1 aliphatic rings. The molecule has 1 heterocycles. The van der Waals surface area contributed by atoms with Crippen molar-refractivity contribution in [3.8, 4) is 0 Å². The Kier molecular flexibility index (Phi) is 7.28. The van der Waals surface area contributed by atoms with E-state index in [1.165, 1.54) is 18.4 Å². The minimum atomic E-state index is 0. The fraction of sp³-hybridized carbons (Fsp3) is 0.571. The third-order valence-electron chi connectivity index (χ3n) is 3.47. The maximum absolute atomic E-state index is 3.55. The first-order valence-electron chi connectivity index (χ1n) is 6.59. The Morgan fingerprint density at radius 2 is 2.06 bits per heavy atom. The molecule has 1 fully saturated rings. The summed E-state index contributed by atoms with van der Waals surface area (Å²) in [6.07, 6.45) is 2.39. The van der Waals surface area contributed by atoms with Gasteiger partial charge in [0.1, 0.15) is 0 Å². The number of benzene rings is 1. The van der Waals surface area contributed by atoms with Crippen molar-refractivity contribution in [2.75, 3.05) is 19.6 Å². The number of hydrogen-bond acceptors (Lipinski definition) is 3. The maximum Gasteiger partial charge on any atom is 0.0237 e. The van der Waals surface area contributed by atoms with Gasteiger partial charge in [-0.2, -0.15) is 0 Å². The van der Waals surface area contributed by atoms with E-state index in [4.69, 9.17) is 0 Å². The smallest absolute Gasteiger partial charge is 0.0237 e. The van der Waals surface area contributed by atoms with Gasteiger partial charge in [0, 0.05) is 25.0 Å². The second-order valence-corrected chi connectivity index (χ2v) is 4.87. The van der Waals surface area contributed by atoms with Crippen LogP contribution in [0.1, 0.15) is 18.9 Å². The average Bonchev–Trinajstić information content (AvgIpc) is 2.76. The molecule has 1 aromatic rings. The van der Waals surface area contributed by atoms with Gasteiger partial charge in [0.15, 0.2) is 0 Å². The first kappa shape index (κ1) is 15.4. The van der Waals surface area contributed by atoms with Gasteiger partial charge in [-0.3, -0.25) is 10.9 Å². The van der Waals surface area contributed by atoms with Crippen LogP contribution in [0, 0.1) is 5.92 Å². The lowest BCUT2D eigenvalue weighted by molar-refractivity contribution is 0.452. The molecule has 1 saturated heterocycles. The van der Waals surface area contributed by atoms with E-state index in [1.54, 1.807) is 0 Å². The quantitative estimate of drug-likeness (QED) is 0.689. The fourth-order valence-electron chi connectivity index (χ4n) is 2.24. The van der Waals surface area contributed by atoms with Crippen molar-refractivity contribution in [3.63, 3.8) is 0 Å². The first-order valence-corrected chi connectivity index (χ1v) is 6.59. The summed E-state index contributed by atoms with van der Waals surface area (Å²) in [5.74, 6) is 0.715. The highest BCUT2D eigenvalue weighted by molar-refractivity contribution is 5.85. The molecule has 102 valence electrons. The average molecular weight is 270 g/mol. The van der Waals surface area contributed by atoms with E-state index in [9.17, 15) is 0 Å². The lowest BCUT2D eigenvalue weighted by Gasteiger charge is -2.14. The van der Waals surface area contributed by atoms with Crippen molar-refractivity contribution < 1.29 is 0 Å². The molecule has 4 heteroatoms. The van der Waals surface area contributed by atoms with E-state index in [1.807, 2.05) is 0 Å². The summed E-state index contributed by atoms with van der Waals surface area (Å²) in [5, 5.41) is 3.55. The molecule has 3 N–H and O–H groups in total. The predicted octanol–water partition coefficient (Wildman–Crippen LogP) is 1.74. The summed E-state index contributed by atoms with van der Waals surface area (Å²) in [6.45, 7) is 5.53. The number of nitrogens with one attached hydrogen (secondary N) is 3. The summed E-state index contributed by atoms with van der Waals surface area (Å²) < 4.78 is 0. The maximum atomic E-state index is 3.55. The fourth-order valence-corrected chi connectivity index (χ4v) is 2.24. The molecular weight excluding hydrogens is 246 g/mol. The Morgan fingerprint density at radius 3 is 2.72 bits per heavy atom. The van der Waals surface area contributed by atoms with Crippen molar-refractivity contribution in [1.82, 2.24) is 16.2 Å². The third-order valence-corrected chi connectivity index (χ3v) is 3.47. The molecule has 0 bridgehead atoms. The van der Waals surface area contributed by atoms with E-state index in [-0.39, 0.29) is 12.4 Å². The second-order valence-electron chi connectivity index (χ2n) is 4.87. The Labute approximate surface area is 116 Å².